The summed E-state index contributed by atoms with van der Waals surface area (Å²) in [5.41, 5.74) is 2.73. The molecule has 2 aromatic carbocycles. The van der Waals surface area contributed by atoms with E-state index in [-0.39, 0.29) is 11.7 Å². The number of hydrogen-bond acceptors (Lipinski definition) is 3. The zero-order chi connectivity index (χ0) is 20.6. The van der Waals surface area contributed by atoms with Gasteiger partial charge in [-0.25, -0.2) is 9.37 Å². The van der Waals surface area contributed by atoms with Crippen LogP contribution >= 0.6 is 0 Å². The molecular weight excluding hydrogens is 381 g/mol. The number of nitrogens with zero attached hydrogens (tertiary/aromatic N) is 2. The van der Waals surface area contributed by atoms with Gasteiger partial charge in [-0.1, -0.05) is 18.2 Å². The van der Waals surface area contributed by atoms with E-state index in [0.29, 0.717) is 18.0 Å². The van der Waals surface area contributed by atoms with Gasteiger partial charge in [-0.05, 0) is 66.9 Å². The lowest BCUT2D eigenvalue weighted by Gasteiger charge is -2.16. The van der Waals surface area contributed by atoms with Gasteiger partial charge in [-0.2, -0.15) is 0 Å². The fraction of sp³-hybridized carbons (Fsp3) is 0.167. The van der Waals surface area contributed by atoms with Gasteiger partial charge >= 0.3 is 0 Å². The number of carbonyl (C=O) groups is 1. The molecule has 1 aliphatic carbocycles. The largest absolute Gasteiger partial charge is 0.487 e. The third-order valence-electron chi connectivity index (χ3n) is 5.49. The maximum Gasteiger partial charge on any atom is 0.235 e. The van der Waals surface area contributed by atoms with E-state index in [1.54, 1.807) is 12.1 Å². The number of nitrogens with one attached hydrogen (secondary N) is 1. The highest BCUT2D eigenvalue weighted by Crippen LogP contribution is 2.49. The topological polar surface area (TPSA) is 55.6 Å². The summed E-state index contributed by atoms with van der Waals surface area (Å²) >= 11 is 0. The minimum atomic E-state index is -0.550. The molecule has 1 amide bonds. The van der Waals surface area contributed by atoms with Gasteiger partial charge in [0, 0.05) is 18.1 Å². The van der Waals surface area contributed by atoms with Gasteiger partial charge in [-0.3, -0.25) is 4.79 Å². The Hall–Kier alpha value is -3.67. The van der Waals surface area contributed by atoms with Crippen molar-refractivity contribution in [1.82, 2.24) is 9.38 Å². The molecule has 0 spiro atoms. The molecule has 0 aliphatic heterocycles. The summed E-state index contributed by atoms with van der Waals surface area (Å²) < 4.78 is 21.0. The number of imidazole rings is 1. The van der Waals surface area contributed by atoms with Crippen LogP contribution in [0.5, 0.6) is 5.75 Å². The van der Waals surface area contributed by atoms with E-state index < -0.39 is 5.41 Å². The summed E-state index contributed by atoms with van der Waals surface area (Å²) in [6.45, 7) is 0.362. The molecule has 4 aromatic rings. The molecule has 2 heterocycles. The summed E-state index contributed by atoms with van der Waals surface area (Å²) in [5, 5.41) is 2.97. The highest BCUT2D eigenvalue weighted by molar-refractivity contribution is 6.01. The first-order valence-corrected chi connectivity index (χ1v) is 9.85. The molecule has 150 valence electrons. The average molecular weight is 401 g/mol. The van der Waals surface area contributed by atoms with Gasteiger partial charge in [0.25, 0.3) is 0 Å². The normalized spacial score (nSPS) is 14.4. The molecule has 0 unspecified atom stereocenters. The molecule has 0 bridgehead atoms. The van der Waals surface area contributed by atoms with Crippen LogP contribution in [0, 0.1) is 5.82 Å². The number of halogens is 1. The Balaban J connectivity index is 1.22. The second kappa shape index (κ2) is 7.30. The highest BCUT2D eigenvalue weighted by atomic mass is 19.1. The fourth-order valence-electron chi connectivity index (χ4n) is 3.64. The smallest absolute Gasteiger partial charge is 0.235 e. The van der Waals surface area contributed by atoms with Crippen molar-refractivity contribution < 1.29 is 13.9 Å². The van der Waals surface area contributed by atoms with E-state index in [1.165, 1.54) is 12.1 Å². The second-order valence-corrected chi connectivity index (χ2v) is 7.55. The quantitative estimate of drug-likeness (QED) is 0.509. The maximum absolute atomic E-state index is 13.2. The van der Waals surface area contributed by atoms with Crippen molar-refractivity contribution in [2.75, 3.05) is 5.32 Å². The molecule has 0 atom stereocenters. The Kier molecular flexibility index (Phi) is 4.47. The number of hydrogen-bond donors (Lipinski definition) is 1. The summed E-state index contributed by atoms with van der Waals surface area (Å²) in [5.74, 6) is 0.339. The maximum atomic E-state index is 13.2. The molecule has 30 heavy (non-hydrogen) atoms. The van der Waals surface area contributed by atoms with Crippen molar-refractivity contribution in [1.29, 1.82) is 0 Å². The van der Waals surface area contributed by atoms with Crippen molar-refractivity contribution in [2.24, 2.45) is 0 Å². The van der Waals surface area contributed by atoms with Crippen LogP contribution < -0.4 is 10.1 Å². The van der Waals surface area contributed by atoms with E-state index in [4.69, 9.17) is 4.74 Å². The van der Waals surface area contributed by atoms with Gasteiger partial charge in [-0.15, -0.1) is 0 Å². The number of aromatic nitrogens is 2. The molecule has 6 heteroatoms. The third-order valence-corrected chi connectivity index (χ3v) is 5.49. The van der Waals surface area contributed by atoms with Gasteiger partial charge in [0.05, 0.1) is 11.1 Å². The predicted molar refractivity (Wildman–Crippen MR) is 112 cm³/mol. The summed E-state index contributed by atoms with van der Waals surface area (Å²) in [7, 11) is 0. The number of fused-ring (bicyclic) bond motifs is 1. The van der Waals surface area contributed by atoms with Crippen LogP contribution in [0.2, 0.25) is 0 Å². The number of benzene rings is 2. The second-order valence-electron chi connectivity index (χ2n) is 7.55. The van der Waals surface area contributed by atoms with Crippen LogP contribution in [0.1, 0.15) is 24.1 Å². The predicted octanol–water partition coefficient (Wildman–Crippen LogP) is 4.72. The first-order valence-electron chi connectivity index (χ1n) is 9.85. The molecule has 5 rings (SSSR count). The molecule has 1 N–H and O–H groups in total. The van der Waals surface area contributed by atoms with Crippen molar-refractivity contribution in [3.05, 3.63) is 96.2 Å². The first kappa shape index (κ1) is 18.4. The molecule has 0 saturated heterocycles. The van der Waals surface area contributed by atoms with E-state index >= 15 is 0 Å². The third kappa shape index (κ3) is 3.52. The molecule has 2 aromatic heterocycles. The first-order chi connectivity index (χ1) is 14.6. The van der Waals surface area contributed by atoms with E-state index in [0.717, 1.165) is 29.7 Å². The highest BCUT2D eigenvalue weighted by Gasteiger charge is 2.51. The molecule has 1 aliphatic rings. The molecule has 1 saturated carbocycles. The van der Waals surface area contributed by atoms with Crippen molar-refractivity contribution in [3.8, 4) is 5.75 Å². The monoisotopic (exact) mass is 401 g/mol. The van der Waals surface area contributed by atoms with Crippen molar-refractivity contribution >= 4 is 17.2 Å². The Labute approximate surface area is 173 Å². The van der Waals surface area contributed by atoms with Crippen LogP contribution in [-0.4, -0.2) is 15.3 Å². The number of ether oxygens (including phenoxy) is 1. The van der Waals surface area contributed by atoms with Gasteiger partial charge in [0.15, 0.2) is 0 Å². The van der Waals surface area contributed by atoms with Crippen LogP contribution in [0.25, 0.3) is 5.65 Å². The number of rotatable bonds is 6. The minimum absolute atomic E-state index is 0.0625. The molecule has 1 fully saturated rings. The van der Waals surface area contributed by atoms with Gasteiger partial charge in [0.1, 0.15) is 23.8 Å². The average Bonchev–Trinajstić information content (AvgIpc) is 3.47. The van der Waals surface area contributed by atoms with Gasteiger partial charge in [0.2, 0.25) is 5.91 Å². The summed E-state index contributed by atoms with van der Waals surface area (Å²) in [6, 6.07) is 19.3. The van der Waals surface area contributed by atoms with E-state index in [1.807, 2.05) is 59.3 Å². The van der Waals surface area contributed by atoms with Crippen molar-refractivity contribution in [3.63, 3.8) is 0 Å². The minimum Gasteiger partial charge on any atom is -0.487 e. The van der Waals surface area contributed by atoms with Crippen LogP contribution in [-0.2, 0) is 16.8 Å². The van der Waals surface area contributed by atoms with Crippen LogP contribution in [0.4, 0.5) is 10.1 Å². The number of anilines is 1. The van der Waals surface area contributed by atoms with E-state index in [9.17, 15) is 9.18 Å². The lowest BCUT2D eigenvalue weighted by molar-refractivity contribution is -0.118. The van der Waals surface area contributed by atoms with Crippen LogP contribution in [0.15, 0.2) is 79.1 Å². The summed E-state index contributed by atoms with van der Waals surface area (Å²) in [4.78, 5) is 17.3. The van der Waals surface area contributed by atoms with Gasteiger partial charge < -0.3 is 14.5 Å². The SMILES string of the molecule is O=C(Nc1ccc(OCc2cn3ccccc3n2)cc1)C1(c2ccc(F)cc2)CC1. The fourth-order valence-corrected chi connectivity index (χ4v) is 3.64. The Bertz CT molecular complexity index is 1160. The lowest BCUT2D eigenvalue weighted by atomic mass is 9.95. The Morgan fingerprint density at radius 2 is 1.83 bits per heavy atom. The zero-order valence-corrected chi connectivity index (χ0v) is 16.2. The Morgan fingerprint density at radius 1 is 1.07 bits per heavy atom. The molecule has 5 nitrogen and oxygen atoms in total. The summed E-state index contributed by atoms with van der Waals surface area (Å²) in [6.07, 6.45) is 5.42. The van der Waals surface area contributed by atoms with E-state index in [2.05, 4.69) is 10.3 Å². The standard InChI is InChI=1S/C24H20FN3O2/c25-18-6-4-17(5-7-18)24(12-13-24)23(29)27-19-8-10-21(11-9-19)30-16-20-15-28-14-2-1-3-22(28)26-20/h1-11,14-15H,12-13,16H2,(H,27,29). The number of pyridine rings is 1. The number of carbonyl (C=O) groups excluding carboxylic acids is 1. The number of amides is 1. The molecule has 0 radical (unpaired) electrons. The Morgan fingerprint density at radius 3 is 2.53 bits per heavy atom. The van der Waals surface area contributed by atoms with Crippen molar-refractivity contribution in [2.45, 2.75) is 24.9 Å². The zero-order valence-electron chi connectivity index (χ0n) is 16.2. The molecular formula is C24H20FN3O2. The lowest BCUT2D eigenvalue weighted by Crippen LogP contribution is -2.27. The van der Waals surface area contributed by atoms with Crippen LogP contribution in [0.3, 0.4) is 0 Å².